The molecule has 2 aliphatic rings. The fourth-order valence-electron chi connectivity index (χ4n) is 4.02. The first kappa shape index (κ1) is 20.8. The van der Waals surface area contributed by atoms with E-state index in [1.807, 2.05) is 0 Å². The number of anilines is 1. The van der Waals surface area contributed by atoms with Gasteiger partial charge in [0.05, 0.1) is 6.20 Å². The van der Waals surface area contributed by atoms with Gasteiger partial charge in [-0.2, -0.15) is 5.10 Å². The Bertz CT molecular complexity index is 665. The van der Waals surface area contributed by atoms with E-state index >= 15 is 0 Å². The van der Waals surface area contributed by atoms with Crippen molar-refractivity contribution in [2.24, 2.45) is 5.92 Å². The van der Waals surface area contributed by atoms with Gasteiger partial charge >= 0.3 is 11.8 Å². The summed E-state index contributed by atoms with van der Waals surface area (Å²) in [6, 6.07) is 2.37. The molecule has 2 fully saturated rings. The van der Waals surface area contributed by atoms with Crippen molar-refractivity contribution in [1.29, 1.82) is 0 Å². The summed E-state index contributed by atoms with van der Waals surface area (Å²) in [4.78, 5) is 29.5. The number of nitrogens with one attached hydrogen (secondary N) is 2. The summed E-state index contributed by atoms with van der Waals surface area (Å²) in [5.41, 5.74) is 0. The first-order valence-corrected chi connectivity index (χ1v) is 10.5. The standard InChI is InChI=1S/C20H34N6O2/c1-15(2)5-13-26-18(4-9-21-26)23-20(28)19(27)22-16-6-12-25(14-16)17-7-10-24(3)11-8-17/h4,9,15-17H,5-8,10-14H2,1-3H3,(H,22,27)(H,23,28). The number of rotatable bonds is 6. The molecule has 1 unspecified atom stereocenters. The molecular formula is C20H34N6O2. The van der Waals surface area contributed by atoms with Gasteiger partial charge in [-0.25, -0.2) is 4.68 Å². The average Bonchev–Trinajstić information content (AvgIpc) is 3.30. The highest BCUT2D eigenvalue weighted by Crippen LogP contribution is 2.20. The molecule has 0 radical (unpaired) electrons. The molecule has 28 heavy (non-hydrogen) atoms. The van der Waals surface area contributed by atoms with Gasteiger partial charge in [0.25, 0.3) is 0 Å². The fraction of sp³-hybridized carbons (Fsp3) is 0.750. The fourth-order valence-corrected chi connectivity index (χ4v) is 4.02. The third-order valence-corrected chi connectivity index (χ3v) is 5.84. The second-order valence-corrected chi connectivity index (χ2v) is 8.56. The van der Waals surface area contributed by atoms with Crippen LogP contribution in [0.4, 0.5) is 5.82 Å². The smallest absolute Gasteiger partial charge is 0.314 e. The molecule has 1 aromatic heterocycles. The molecule has 1 aromatic rings. The van der Waals surface area contributed by atoms with Crippen molar-refractivity contribution < 1.29 is 9.59 Å². The minimum Gasteiger partial charge on any atom is -0.344 e. The molecule has 0 aliphatic carbocycles. The molecule has 0 bridgehead atoms. The highest BCUT2D eigenvalue weighted by Gasteiger charge is 2.31. The number of amides is 2. The molecule has 0 aromatic carbocycles. The van der Waals surface area contributed by atoms with Crippen LogP contribution in [-0.4, -0.2) is 76.7 Å². The van der Waals surface area contributed by atoms with Gasteiger partial charge in [-0.05, 0) is 51.7 Å². The van der Waals surface area contributed by atoms with E-state index in [4.69, 9.17) is 0 Å². The molecular weight excluding hydrogens is 356 g/mol. The molecule has 3 heterocycles. The lowest BCUT2D eigenvalue weighted by molar-refractivity contribution is -0.136. The summed E-state index contributed by atoms with van der Waals surface area (Å²) < 4.78 is 1.74. The van der Waals surface area contributed by atoms with Crippen LogP contribution in [0.5, 0.6) is 0 Å². The van der Waals surface area contributed by atoms with Crippen LogP contribution in [0.25, 0.3) is 0 Å². The Morgan fingerprint density at radius 2 is 1.93 bits per heavy atom. The van der Waals surface area contributed by atoms with E-state index in [-0.39, 0.29) is 6.04 Å². The number of aromatic nitrogens is 2. The molecule has 0 spiro atoms. The number of aryl methyl sites for hydroxylation is 1. The number of piperidine rings is 1. The number of carbonyl (C=O) groups excluding carboxylic acids is 2. The van der Waals surface area contributed by atoms with Crippen molar-refractivity contribution >= 4 is 17.6 Å². The van der Waals surface area contributed by atoms with E-state index in [9.17, 15) is 9.59 Å². The van der Waals surface area contributed by atoms with Gasteiger partial charge in [0.1, 0.15) is 5.82 Å². The Hall–Kier alpha value is -1.93. The van der Waals surface area contributed by atoms with Gasteiger partial charge in [-0.1, -0.05) is 13.8 Å². The summed E-state index contributed by atoms with van der Waals surface area (Å²) in [5, 5.41) is 9.83. The number of likely N-dealkylation sites (tertiary alicyclic amines) is 2. The SMILES string of the molecule is CC(C)CCn1nccc1NC(=O)C(=O)NC1CCN(C2CCN(C)CC2)C1. The quantitative estimate of drug-likeness (QED) is 0.712. The van der Waals surface area contributed by atoms with Crippen molar-refractivity contribution in [3.05, 3.63) is 12.3 Å². The van der Waals surface area contributed by atoms with Crippen molar-refractivity contribution in [2.75, 3.05) is 38.5 Å². The zero-order valence-corrected chi connectivity index (χ0v) is 17.4. The predicted octanol–water partition coefficient (Wildman–Crippen LogP) is 1.15. The maximum Gasteiger partial charge on any atom is 0.314 e. The molecule has 2 saturated heterocycles. The van der Waals surface area contributed by atoms with Gasteiger partial charge in [0, 0.05) is 37.8 Å². The average molecular weight is 391 g/mol. The van der Waals surface area contributed by atoms with Crippen LogP contribution < -0.4 is 10.6 Å². The summed E-state index contributed by atoms with van der Waals surface area (Å²) in [6.45, 7) is 9.09. The van der Waals surface area contributed by atoms with Crippen molar-refractivity contribution in [3.63, 3.8) is 0 Å². The summed E-state index contributed by atoms with van der Waals surface area (Å²) in [6.07, 6.45) is 5.86. The van der Waals surface area contributed by atoms with Crippen LogP contribution in [0, 0.1) is 5.92 Å². The zero-order valence-electron chi connectivity index (χ0n) is 17.4. The first-order valence-electron chi connectivity index (χ1n) is 10.5. The van der Waals surface area contributed by atoms with Crippen LogP contribution in [0.3, 0.4) is 0 Å². The van der Waals surface area contributed by atoms with Gasteiger partial charge < -0.3 is 15.5 Å². The molecule has 8 nitrogen and oxygen atoms in total. The molecule has 1 atom stereocenters. The molecule has 2 amide bonds. The Labute approximate surface area is 167 Å². The van der Waals surface area contributed by atoms with Gasteiger partial charge in [0.2, 0.25) is 0 Å². The second-order valence-electron chi connectivity index (χ2n) is 8.56. The van der Waals surface area contributed by atoms with E-state index in [0.29, 0.717) is 17.8 Å². The van der Waals surface area contributed by atoms with Crippen molar-refractivity contribution in [3.8, 4) is 0 Å². The first-order chi connectivity index (χ1) is 13.4. The van der Waals surface area contributed by atoms with Gasteiger partial charge in [-0.3, -0.25) is 14.5 Å². The van der Waals surface area contributed by atoms with Crippen LogP contribution in [0.1, 0.15) is 39.5 Å². The molecule has 2 aliphatic heterocycles. The highest BCUT2D eigenvalue weighted by atomic mass is 16.2. The third kappa shape index (κ3) is 5.54. The maximum absolute atomic E-state index is 12.4. The number of hydrogen-bond acceptors (Lipinski definition) is 5. The molecule has 2 N–H and O–H groups in total. The van der Waals surface area contributed by atoms with Crippen molar-refractivity contribution in [2.45, 2.75) is 58.2 Å². The third-order valence-electron chi connectivity index (χ3n) is 5.84. The Balaban J connectivity index is 1.45. The lowest BCUT2D eigenvalue weighted by Gasteiger charge is -2.35. The van der Waals surface area contributed by atoms with Gasteiger partial charge in [0.15, 0.2) is 0 Å². The molecule has 0 saturated carbocycles. The van der Waals surface area contributed by atoms with Gasteiger partial charge in [-0.15, -0.1) is 0 Å². The van der Waals surface area contributed by atoms with Crippen LogP contribution >= 0.6 is 0 Å². The van der Waals surface area contributed by atoms with Crippen molar-refractivity contribution in [1.82, 2.24) is 24.9 Å². The molecule has 156 valence electrons. The van der Waals surface area contributed by atoms with Crippen LogP contribution in [0.15, 0.2) is 12.3 Å². The predicted molar refractivity (Wildman–Crippen MR) is 109 cm³/mol. The van der Waals surface area contributed by atoms with E-state index in [1.54, 1.807) is 16.9 Å². The minimum absolute atomic E-state index is 0.0451. The Morgan fingerprint density at radius 1 is 1.18 bits per heavy atom. The summed E-state index contributed by atoms with van der Waals surface area (Å²) in [7, 11) is 2.16. The van der Waals surface area contributed by atoms with E-state index in [2.05, 4.69) is 46.4 Å². The maximum atomic E-state index is 12.4. The lowest BCUT2D eigenvalue weighted by atomic mass is 10.0. The summed E-state index contributed by atoms with van der Waals surface area (Å²) in [5.74, 6) is -0.0676. The number of carbonyl (C=O) groups is 2. The number of hydrogen-bond donors (Lipinski definition) is 2. The highest BCUT2D eigenvalue weighted by molar-refractivity contribution is 6.39. The van der Waals surface area contributed by atoms with E-state index in [0.717, 1.165) is 45.6 Å². The minimum atomic E-state index is -0.621. The summed E-state index contributed by atoms with van der Waals surface area (Å²) >= 11 is 0. The normalized spacial score (nSPS) is 21.9. The van der Waals surface area contributed by atoms with Crippen LogP contribution in [-0.2, 0) is 16.1 Å². The van der Waals surface area contributed by atoms with Crippen LogP contribution in [0.2, 0.25) is 0 Å². The zero-order chi connectivity index (χ0) is 20.1. The topological polar surface area (TPSA) is 82.5 Å². The van der Waals surface area contributed by atoms with E-state index in [1.165, 1.54) is 12.8 Å². The monoisotopic (exact) mass is 390 g/mol. The Kier molecular flexibility index (Phi) is 7.07. The second kappa shape index (κ2) is 9.52. The largest absolute Gasteiger partial charge is 0.344 e. The number of nitrogens with zero attached hydrogens (tertiary/aromatic N) is 4. The molecule has 8 heteroatoms. The molecule has 3 rings (SSSR count). The van der Waals surface area contributed by atoms with E-state index < -0.39 is 11.8 Å². The Morgan fingerprint density at radius 3 is 2.64 bits per heavy atom. The lowest BCUT2D eigenvalue weighted by Crippen LogP contribution is -2.46.